The minimum absolute atomic E-state index is 0.132. The number of carbonyl (C=O) groups is 1. The van der Waals surface area contributed by atoms with Gasteiger partial charge < -0.3 is 10.2 Å². The van der Waals surface area contributed by atoms with E-state index in [4.69, 9.17) is 0 Å². The molecule has 0 aliphatic carbocycles. The van der Waals surface area contributed by atoms with Crippen LogP contribution < -0.4 is 10.2 Å². The summed E-state index contributed by atoms with van der Waals surface area (Å²) in [5, 5.41) is 2.99. The average molecular weight is 371 g/mol. The number of nitrogens with zero attached hydrogens (tertiary/aromatic N) is 2. The number of amides is 1. The van der Waals surface area contributed by atoms with Crippen molar-refractivity contribution >= 4 is 17.3 Å². The fourth-order valence-electron chi connectivity index (χ4n) is 3.69. The number of benzene rings is 2. The number of pyridine rings is 1. The van der Waals surface area contributed by atoms with Crippen LogP contribution >= 0.6 is 0 Å². The van der Waals surface area contributed by atoms with Gasteiger partial charge in [0.05, 0.1) is 17.0 Å². The maximum absolute atomic E-state index is 12.7. The molecule has 0 spiro atoms. The number of anilines is 2. The Morgan fingerprint density at radius 1 is 1.04 bits per heavy atom. The Labute approximate surface area is 166 Å². The van der Waals surface area contributed by atoms with Gasteiger partial charge in [0.1, 0.15) is 0 Å². The van der Waals surface area contributed by atoms with Gasteiger partial charge >= 0.3 is 0 Å². The predicted octanol–water partition coefficient (Wildman–Crippen LogP) is 5.16. The molecule has 1 fully saturated rings. The van der Waals surface area contributed by atoms with Crippen LogP contribution in [-0.2, 0) is 0 Å². The molecule has 1 aliphatic rings. The Balaban J connectivity index is 1.46. The molecule has 0 radical (unpaired) electrons. The molecule has 2 aromatic carbocycles. The fourth-order valence-corrected chi connectivity index (χ4v) is 3.69. The third kappa shape index (κ3) is 3.91. The van der Waals surface area contributed by atoms with Crippen molar-refractivity contribution < 1.29 is 4.79 Å². The van der Waals surface area contributed by atoms with Gasteiger partial charge in [-0.1, -0.05) is 37.3 Å². The number of hydrogen-bond donors (Lipinski definition) is 1. The summed E-state index contributed by atoms with van der Waals surface area (Å²) >= 11 is 0. The Hall–Kier alpha value is -3.14. The van der Waals surface area contributed by atoms with E-state index >= 15 is 0 Å². The van der Waals surface area contributed by atoms with Gasteiger partial charge in [0, 0.05) is 30.0 Å². The minimum Gasteiger partial charge on any atom is -0.371 e. The molecule has 1 unspecified atom stereocenters. The second-order valence-corrected chi connectivity index (χ2v) is 7.54. The maximum atomic E-state index is 12.7. The number of carbonyl (C=O) groups excluding carboxylic acids is 1. The van der Waals surface area contributed by atoms with Gasteiger partial charge in [-0.3, -0.25) is 9.78 Å². The lowest BCUT2D eigenvalue weighted by molar-refractivity contribution is 0.102. The van der Waals surface area contributed by atoms with E-state index in [9.17, 15) is 4.79 Å². The Morgan fingerprint density at radius 3 is 2.43 bits per heavy atom. The molecule has 3 aromatic rings. The third-order valence-corrected chi connectivity index (χ3v) is 5.31. The molecule has 1 N–H and O–H groups in total. The molecule has 0 bridgehead atoms. The largest absolute Gasteiger partial charge is 0.371 e. The summed E-state index contributed by atoms with van der Waals surface area (Å²) in [7, 11) is 0. The van der Waals surface area contributed by atoms with E-state index in [0.717, 1.165) is 41.6 Å². The van der Waals surface area contributed by atoms with E-state index in [1.807, 2.05) is 61.5 Å². The summed E-state index contributed by atoms with van der Waals surface area (Å²) in [6.45, 7) is 6.36. The molecule has 4 rings (SSSR count). The zero-order chi connectivity index (χ0) is 19.5. The number of aromatic nitrogens is 1. The lowest BCUT2D eigenvalue weighted by atomic mass is 10.1. The highest BCUT2D eigenvalue weighted by molar-refractivity contribution is 6.05. The zero-order valence-corrected chi connectivity index (χ0v) is 16.4. The quantitative estimate of drug-likeness (QED) is 0.689. The molecule has 1 aromatic heterocycles. The van der Waals surface area contributed by atoms with E-state index in [1.165, 1.54) is 12.1 Å². The van der Waals surface area contributed by atoms with Gasteiger partial charge in [0.25, 0.3) is 5.91 Å². The molecular formula is C24H25N3O. The highest BCUT2D eigenvalue weighted by atomic mass is 16.1. The van der Waals surface area contributed by atoms with Crippen molar-refractivity contribution in [3.63, 3.8) is 0 Å². The Kier molecular flexibility index (Phi) is 5.11. The SMILES string of the molecule is Cc1nc(-c2ccccc2)ccc1C(=O)Nc1ccc(N2CCC(C)C2)cc1. The molecule has 1 saturated heterocycles. The first-order valence-corrected chi connectivity index (χ1v) is 9.79. The summed E-state index contributed by atoms with van der Waals surface area (Å²) in [5.41, 5.74) is 5.25. The topological polar surface area (TPSA) is 45.2 Å². The van der Waals surface area contributed by atoms with Gasteiger partial charge in [-0.05, 0) is 55.7 Å². The zero-order valence-electron chi connectivity index (χ0n) is 16.4. The van der Waals surface area contributed by atoms with Crippen LogP contribution in [0.3, 0.4) is 0 Å². The molecule has 4 heteroatoms. The first-order valence-electron chi connectivity index (χ1n) is 9.79. The molecule has 2 heterocycles. The highest BCUT2D eigenvalue weighted by Crippen LogP contribution is 2.25. The van der Waals surface area contributed by atoms with Crippen molar-refractivity contribution in [3.8, 4) is 11.3 Å². The van der Waals surface area contributed by atoms with Crippen LogP contribution in [0.5, 0.6) is 0 Å². The standard InChI is InChI=1S/C24H25N3O/c1-17-14-15-27(16-17)21-10-8-20(9-11-21)26-24(28)22-12-13-23(25-18(22)2)19-6-4-3-5-7-19/h3-13,17H,14-16H2,1-2H3,(H,26,28). The Bertz CT molecular complexity index is 967. The number of aryl methyl sites for hydroxylation is 1. The van der Waals surface area contributed by atoms with Crippen LogP contribution in [0.1, 0.15) is 29.4 Å². The van der Waals surface area contributed by atoms with Crippen LogP contribution in [0, 0.1) is 12.8 Å². The molecule has 0 saturated carbocycles. The minimum atomic E-state index is -0.132. The van der Waals surface area contributed by atoms with Crippen molar-refractivity contribution in [1.29, 1.82) is 0 Å². The van der Waals surface area contributed by atoms with Gasteiger partial charge in [-0.15, -0.1) is 0 Å². The molecular weight excluding hydrogens is 346 g/mol. The molecule has 4 nitrogen and oxygen atoms in total. The van der Waals surface area contributed by atoms with Gasteiger partial charge in [-0.2, -0.15) is 0 Å². The van der Waals surface area contributed by atoms with Gasteiger partial charge in [-0.25, -0.2) is 0 Å². The normalized spacial score (nSPS) is 16.2. The van der Waals surface area contributed by atoms with Crippen LogP contribution in [0.2, 0.25) is 0 Å². The number of hydrogen-bond acceptors (Lipinski definition) is 3. The number of rotatable bonds is 4. The van der Waals surface area contributed by atoms with Gasteiger partial charge in [0.15, 0.2) is 0 Å². The van der Waals surface area contributed by atoms with E-state index in [-0.39, 0.29) is 5.91 Å². The van der Waals surface area contributed by atoms with E-state index in [0.29, 0.717) is 5.56 Å². The lowest BCUT2D eigenvalue weighted by Gasteiger charge is -2.18. The summed E-state index contributed by atoms with van der Waals surface area (Å²) in [6.07, 6.45) is 1.24. The fraction of sp³-hybridized carbons (Fsp3) is 0.250. The predicted molar refractivity (Wildman–Crippen MR) is 115 cm³/mol. The second kappa shape index (κ2) is 7.85. The first-order chi connectivity index (χ1) is 13.6. The molecule has 1 atom stereocenters. The summed E-state index contributed by atoms with van der Waals surface area (Å²) in [4.78, 5) is 19.7. The summed E-state index contributed by atoms with van der Waals surface area (Å²) < 4.78 is 0. The van der Waals surface area contributed by atoms with Crippen LogP contribution in [0.25, 0.3) is 11.3 Å². The lowest BCUT2D eigenvalue weighted by Crippen LogP contribution is -2.19. The summed E-state index contributed by atoms with van der Waals surface area (Å²) in [6, 6.07) is 21.8. The van der Waals surface area contributed by atoms with Crippen molar-refractivity contribution in [2.24, 2.45) is 5.92 Å². The van der Waals surface area contributed by atoms with E-state index < -0.39 is 0 Å². The van der Waals surface area contributed by atoms with Crippen molar-refractivity contribution in [1.82, 2.24) is 4.98 Å². The Morgan fingerprint density at radius 2 is 1.79 bits per heavy atom. The number of nitrogens with one attached hydrogen (secondary N) is 1. The first kappa shape index (κ1) is 18.2. The van der Waals surface area contributed by atoms with Crippen LogP contribution in [0.4, 0.5) is 11.4 Å². The summed E-state index contributed by atoms with van der Waals surface area (Å²) in [5.74, 6) is 0.612. The third-order valence-electron chi connectivity index (χ3n) is 5.31. The van der Waals surface area contributed by atoms with Gasteiger partial charge in [0.2, 0.25) is 0 Å². The van der Waals surface area contributed by atoms with E-state index in [2.05, 4.69) is 34.3 Å². The average Bonchev–Trinajstić information content (AvgIpc) is 3.15. The molecule has 142 valence electrons. The second-order valence-electron chi connectivity index (χ2n) is 7.54. The monoisotopic (exact) mass is 371 g/mol. The van der Waals surface area contributed by atoms with Crippen LogP contribution in [0.15, 0.2) is 66.7 Å². The van der Waals surface area contributed by atoms with Crippen molar-refractivity contribution in [2.45, 2.75) is 20.3 Å². The molecule has 28 heavy (non-hydrogen) atoms. The van der Waals surface area contributed by atoms with Crippen molar-refractivity contribution in [2.75, 3.05) is 23.3 Å². The maximum Gasteiger partial charge on any atom is 0.257 e. The molecule has 1 amide bonds. The molecule has 1 aliphatic heterocycles. The van der Waals surface area contributed by atoms with Crippen LogP contribution in [-0.4, -0.2) is 24.0 Å². The van der Waals surface area contributed by atoms with Crippen molar-refractivity contribution in [3.05, 3.63) is 78.0 Å². The highest BCUT2D eigenvalue weighted by Gasteiger charge is 2.19. The van der Waals surface area contributed by atoms with E-state index in [1.54, 1.807) is 0 Å². The smallest absolute Gasteiger partial charge is 0.257 e.